The molecule has 1 fully saturated rings. The van der Waals surface area contributed by atoms with Crippen molar-refractivity contribution < 1.29 is 13.2 Å². The van der Waals surface area contributed by atoms with Crippen LogP contribution in [0.4, 0.5) is 0 Å². The molecule has 7 heteroatoms. The smallest absolute Gasteiger partial charge is 0.271 e. The molecule has 0 aliphatic carbocycles. The first kappa shape index (κ1) is 15.0. The Morgan fingerprint density at radius 2 is 2.18 bits per heavy atom. The summed E-state index contributed by atoms with van der Waals surface area (Å²) in [4.78, 5) is 16.6. The van der Waals surface area contributed by atoms with Crippen LogP contribution in [0.1, 0.15) is 37.2 Å². The van der Waals surface area contributed by atoms with Gasteiger partial charge in [-0.05, 0) is 38.8 Å². The molecule has 3 rings (SSSR count). The summed E-state index contributed by atoms with van der Waals surface area (Å²) in [6.07, 6.45) is 4.38. The van der Waals surface area contributed by atoms with Gasteiger partial charge in [0, 0.05) is 18.4 Å². The number of amides is 1. The number of rotatable bonds is 2. The standard InChI is InChI=1S/C15H19N3O3S/c1-15(2)9-11(6-8-22(15,20)21)16-14(19)12-10-18-7-4-3-5-13(18)17-12/h3-5,7,10-11H,6,8-9H2,1-2H3,(H,16,19). The zero-order chi connectivity index (χ0) is 16.0. The number of aromatic nitrogens is 2. The number of hydrogen-bond donors (Lipinski definition) is 1. The van der Waals surface area contributed by atoms with Crippen LogP contribution in [0.2, 0.25) is 0 Å². The van der Waals surface area contributed by atoms with Crippen molar-refractivity contribution in [2.75, 3.05) is 5.75 Å². The molecule has 2 aromatic heterocycles. The molecule has 1 aliphatic rings. The summed E-state index contributed by atoms with van der Waals surface area (Å²) in [6, 6.07) is 5.41. The third kappa shape index (κ3) is 2.61. The zero-order valence-corrected chi connectivity index (χ0v) is 13.4. The van der Waals surface area contributed by atoms with Gasteiger partial charge in [0.25, 0.3) is 5.91 Å². The van der Waals surface area contributed by atoms with Crippen molar-refractivity contribution in [3.63, 3.8) is 0 Å². The summed E-state index contributed by atoms with van der Waals surface area (Å²) in [6.45, 7) is 3.43. The van der Waals surface area contributed by atoms with E-state index in [9.17, 15) is 13.2 Å². The van der Waals surface area contributed by atoms with Crippen molar-refractivity contribution in [1.29, 1.82) is 0 Å². The van der Waals surface area contributed by atoms with Crippen molar-refractivity contribution in [2.24, 2.45) is 0 Å². The van der Waals surface area contributed by atoms with Gasteiger partial charge >= 0.3 is 0 Å². The number of carbonyl (C=O) groups excluding carboxylic acids is 1. The Hall–Kier alpha value is -1.89. The third-order valence-corrected chi connectivity index (χ3v) is 6.87. The van der Waals surface area contributed by atoms with E-state index < -0.39 is 14.6 Å². The average molecular weight is 321 g/mol. The molecular formula is C15H19N3O3S. The molecule has 1 amide bonds. The Morgan fingerprint density at radius 1 is 1.41 bits per heavy atom. The minimum Gasteiger partial charge on any atom is -0.348 e. The third-order valence-electron chi connectivity index (χ3n) is 4.25. The molecule has 1 N–H and O–H groups in total. The van der Waals surface area contributed by atoms with Gasteiger partial charge in [0.05, 0.1) is 10.5 Å². The summed E-state index contributed by atoms with van der Waals surface area (Å²) >= 11 is 0. The highest BCUT2D eigenvalue weighted by Crippen LogP contribution is 2.30. The van der Waals surface area contributed by atoms with E-state index in [1.807, 2.05) is 24.4 Å². The first-order valence-corrected chi connectivity index (χ1v) is 8.91. The van der Waals surface area contributed by atoms with Crippen LogP contribution in [0.5, 0.6) is 0 Å². The minimum atomic E-state index is -3.09. The second kappa shape index (κ2) is 5.08. The molecule has 6 nitrogen and oxygen atoms in total. The van der Waals surface area contributed by atoms with Gasteiger partial charge in [-0.3, -0.25) is 4.79 Å². The maximum absolute atomic E-state index is 12.3. The molecule has 1 unspecified atom stereocenters. The molecule has 1 saturated heterocycles. The lowest BCUT2D eigenvalue weighted by molar-refractivity contribution is 0.0926. The van der Waals surface area contributed by atoms with E-state index in [1.165, 1.54) is 0 Å². The number of nitrogens with one attached hydrogen (secondary N) is 1. The average Bonchev–Trinajstić information content (AvgIpc) is 2.87. The Balaban J connectivity index is 1.75. The molecule has 1 aliphatic heterocycles. The second-order valence-corrected chi connectivity index (χ2v) is 9.08. The van der Waals surface area contributed by atoms with E-state index in [-0.39, 0.29) is 17.7 Å². The van der Waals surface area contributed by atoms with Crippen molar-refractivity contribution in [2.45, 2.75) is 37.5 Å². The predicted molar refractivity (Wildman–Crippen MR) is 83.5 cm³/mol. The van der Waals surface area contributed by atoms with Gasteiger partial charge in [-0.15, -0.1) is 0 Å². The Morgan fingerprint density at radius 3 is 2.86 bits per heavy atom. The maximum Gasteiger partial charge on any atom is 0.271 e. The lowest BCUT2D eigenvalue weighted by Gasteiger charge is -2.35. The van der Waals surface area contributed by atoms with E-state index in [0.29, 0.717) is 24.2 Å². The molecule has 0 saturated carbocycles. The molecule has 0 bridgehead atoms. The first-order valence-electron chi connectivity index (χ1n) is 7.25. The van der Waals surface area contributed by atoms with Gasteiger partial charge in [0.1, 0.15) is 11.3 Å². The monoisotopic (exact) mass is 321 g/mol. The number of fused-ring (bicyclic) bond motifs is 1. The molecule has 2 aromatic rings. The molecule has 0 spiro atoms. The normalized spacial score (nSPS) is 23.3. The fraction of sp³-hybridized carbons (Fsp3) is 0.467. The van der Waals surface area contributed by atoms with E-state index in [0.717, 1.165) is 0 Å². The highest BCUT2D eigenvalue weighted by Gasteiger charge is 2.41. The quantitative estimate of drug-likeness (QED) is 0.907. The Bertz CT molecular complexity index is 790. The Kier molecular flexibility index (Phi) is 3.47. The highest BCUT2D eigenvalue weighted by atomic mass is 32.2. The van der Waals surface area contributed by atoms with E-state index in [4.69, 9.17) is 0 Å². The number of nitrogens with zero attached hydrogens (tertiary/aromatic N) is 2. The fourth-order valence-corrected chi connectivity index (χ4v) is 4.43. The molecule has 3 heterocycles. The summed E-state index contributed by atoms with van der Waals surface area (Å²) in [5.41, 5.74) is 1.05. The van der Waals surface area contributed by atoms with Gasteiger partial charge in [-0.1, -0.05) is 6.07 Å². The molecule has 1 atom stereocenters. The molecule has 22 heavy (non-hydrogen) atoms. The number of sulfone groups is 1. The van der Waals surface area contributed by atoms with Gasteiger partial charge in [-0.2, -0.15) is 0 Å². The van der Waals surface area contributed by atoms with E-state index in [2.05, 4.69) is 10.3 Å². The van der Waals surface area contributed by atoms with Gasteiger partial charge in [0.2, 0.25) is 0 Å². The van der Waals surface area contributed by atoms with Crippen LogP contribution in [0.3, 0.4) is 0 Å². The van der Waals surface area contributed by atoms with Crippen LogP contribution in [0.25, 0.3) is 5.65 Å². The topological polar surface area (TPSA) is 80.5 Å². The van der Waals surface area contributed by atoms with Gasteiger partial charge < -0.3 is 9.72 Å². The predicted octanol–water partition coefficient (Wildman–Crippen LogP) is 1.42. The second-order valence-electron chi connectivity index (χ2n) is 6.33. The van der Waals surface area contributed by atoms with Crippen LogP contribution in [0.15, 0.2) is 30.6 Å². The zero-order valence-electron chi connectivity index (χ0n) is 12.6. The van der Waals surface area contributed by atoms with Gasteiger partial charge in [-0.25, -0.2) is 13.4 Å². The molecule has 0 aromatic carbocycles. The Labute approximate surface area is 129 Å². The number of carbonyl (C=O) groups is 1. The fourth-order valence-electron chi connectivity index (χ4n) is 2.82. The summed E-state index contributed by atoms with van der Waals surface area (Å²) < 4.78 is 25.0. The number of hydrogen-bond acceptors (Lipinski definition) is 4. The largest absolute Gasteiger partial charge is 0.348 e. The van der Waals surface area contributed by atoms with Crippen LogP contribution in [-0.2, 0) is 9.84 Å². The van der Waals surface area contributed by atoms with E-state index >= 15 is 0 Å². The first-order chi connectivity index (χ1) is 10.3. The van der Waals surface area contributed by atoms with Crippen molar-refractivity contribution in [1.82, 2.24) is 14.7 Å². The summed E-state index contributed by atoms with van der Waals surface area (Å²) in [7, 11) is -3.09. The number of pyridine rings is 1. The van der Waals surface area contributed by atoms with Crippen molar-refractivity contribution >= 4 is 21.4 Å². The number of imidazole rings is 1. The summed E-state index contributed by atoms with van der Waals surface area (Å²) in [5, 5.41) is 2.91. The minimum absolute atomic E-state index is 0.107. The van der Waals surface area contributed by atoms with Crippen molar-refractivity contribution in [3.05, 3.63) is 36.3 Å². The van der Waals surface area contributed by atoms with Crippen LogP contribution >= 0.6 is 0 Å². The SMILES string of the molecule is CC1(C)CC(NC(=O)c2cn3ccccc3n2)CCS1(=O)=O. The lowest BCUT2D eigenvalue weighted by atomic mass is 10.00. The molecular weight excluding hydrogens is 302 g/mol. The van der Waals surface area contributed by atoms with E-state index in [1.54, 1.807) is 24.4 Å². The van der Waals surface area contributed by atoms with Gasteiger partial charge in [0.15, 0.2) is 9.84 Å². The molecule has 0 radical (unpaired) electrons. The molecule has 118 valence electrons. The van der Waals surface area contributed by atoms with Crippen molar-refractivity contribution in [3.8, 4) is 0 Å². The van der Waals surface area contributed by atoms with Crippen LogP contribution in [-0.4, -0.2) is 40.3 Å². The summed E-state index contributed by atoms with van der Waals surface area (Å²) in [5.74, 6) is -0.153. The lowest BCUT2D eigenvalue weighted by Crippen LogP contribution is -2.49. The maximum atomic E-state index is 12.3. The highest BCUT2D eigenvalue weighted by molar-refractivity contribution is 7.92. The van der Waals surface area contributed by atoms with Crippen LogP contribution in [0, 0.1) is 0 Å². The van der Waals surface area contributed by atoms with Crippen LogP contribution < -0.4 is 5.32 Å².